The molecule has 6 nitrogen and oxygen atoms in total. The predicted octanol–water partition coefficient (Wildman–Crippen LogP) is 1.65. The molecule has 0 bridgehead atoms. The lowest BCUT2D eigenvalue weighted by Gasteiger charge is -2.29. The second kappa shape index (κ2) is 6.45. The smallest absolute Gasteiger partial charge is 0.246 e. The average molecular weight is 269 g/mol. The van der Waals surface area contributed by atoms with Crippen LogP contribution in [-0.4, -0.2) is 28.5 Å². The van der Waals surface area contributed by atoms with E-state index in [1.165, 1.54) is 12.8 Å². The van der Waals surface area contributed by atoms with Crippen molar-refractivity contribution in [3.63, 3.8) is 0 Å². The molecule has 0 spiro atoms. The number of rotatable bonds is 5. The van der Waals surface area contributed by atoms with Gasteiger partial charge in [-0.2, -0.15) is 4.98 Å². The van der Waals surface area contributed by atoms with Crippen LogP contribution in [0.1, 0.15) is 63.2 Å². The van der Waals surface area contributed by atoms with Gasteiger partial charge in [-0.15, -0.1) is 0 Å². The number of aliphatic hydroxyl groups excluding tert-OH is 1. The molecule has 1 atom stereocenters. The molecule has 1 fully saturated rings. The van der Waals surface area contributed by atoms with Crippen LogP contribution in [0.3, 0.4) is 0 Å². The summed E-state index contributed by atoms with van der Waals surface area (Å²) in [4.78, 5) is 4.35. The van der Waals surface area contributed by atoms with Crippen molar-refractivity contribution in [2.75, 3.05) is 13.2 Å². The zero-order valence-corrected chi connectivity index (χ0v) is 11.5. The first-order valence-corrected chi connectivity index (χ1v) is 7.06. The van der Waals surface area contributed by atoms with Crippen molar-refractivity contribution < 1.29 is 14.4 Å². The zero-order valence-electron chi connectivity index (χ0n) is 11.5. The maximum atomic E-state index is 9.04. The molecule has 1 aliphatic carbocycles. The normalized spacial score (nSPS) is 21.0. The molecule has 1 aromatic heterocycles. The molecule has 1 aromatic rings. The van der Waals surface area contributed by atoms with Crippen molar-refractivity contribution in [3.8, 4) is 0 Å². The van der Waals surface area contributed by atoms with Crippen LogP contribution < -0.4 is 5.73 Å². The summed E-state index contributed by atoms with van der Waals surface area (Å²) in [7, 11) is 0. The summed E-state index contributed by atoms with van der Waals surface area (Å²) in [5.74, 6) is 0.857. The third-order valence-electron chi connectivity index (χ3n) is 3.70. The summed E-state index contributed by atoms with van der Waals surface area (Å²) in [5.41, 5.74) is 5.26. The molecule has 0 saturated heterocycles. The lowest BCUT2D eigenvalue weighted by atomic mass is 9.93. The molecular weight excluding hydrogens is 246 g/mol. The quantitative estimate of drug-likeness (QED) is 0.789. The van der Waals surface area contributed by atoms with Crippen LogP contribution in [0.5, 0.6) is 0 Å². The Hall–Kier alpha value is -0.980. The molecule has 1 saturated carbocycles. The summed E-state index contributed by atoms with van der Waals surface area (Å²) in [6.45, 7) is 2.40. The van der Waals surface area contributed by atoms with E-state index >= 15 is 0 Å². The molecular formula is C13H23N3O3. The number of aromatic nitrogens is 2. The summed E-state index contributed by atoms with van der Waals surface area (Å²) >= 11 is 0. The van der Waals surface area contributed by atoms with Gasteiger partial charge in [0.05, 0.1) is 6.61 Å². The highest BCUT2D eigenvalue weighted by atomic mass is 16.5. The Morgan fingerprint density at radius 1 is 1.37 bits per heavy atom. The van der Waals surface area contributed by atoms with Crippen LogP contribution in [0.25, 0.3) is 0 Å². The fourth-order valence-corrected chi connectivity index (χ4v) is 2.66. The number of nitrogens with zero attached hydrogens (tertiary/aromatic N) is 2. The SMILES string of the molecule is CCOC1(c2noc(C(N)CO)n2)CCCCCC1. The largest absolute Gasteiger partial charge is 0.394 e. The van der Waals surface area contributed by atoms with Gasteiger partial charge in [-0.05, 0) is 19.8 Å². The van der Waals surface area contributed by atoms with Crippen LogP contribution in [-0.2, 0) is 10.3 Å². The lowest BCUT2D eigenvalue weighted by molar-refractivity contribution is -0.0636. The van der Waals surface area contributed by atoms with Crippen molar-refractivity contribution in [1.29, 1.82) is 0 Å². The number of hydrogen-bond acceptors (Lipinski definition) is 6. The molecule has 0 aliphatic heterocycles. The number of hydrogen-bond donors (Lipinski definition) is 2. The summed E-state index contributed by atoms with van der Waals surface area (Å²) in [6, 6.07) is -0.620. The molecule has 0 aromatic carbocycles. The second-order valence-electron chi connectivity index (χ2n) is 5.09. The Balaban J connectivity index is 2.24. The first-order chi connectivity index (χ1) is 9.22. The van der Waals surface area contributed by atoms with E-state index in [1.807, 2.05) is 6.92 Å². The number of aliphatic hydroxyl groups is 1. The van der Waals surface area contributed by atoms with E-state index in [2.05, 4.69) is 10.1 Å². The third-order valence-corrected chi connectivity index (χ3v) is 3.70. The molecule has 3 N–H and O–H groups in total. The van der Waals surface area contributed by atoms with Gasteiger partial charge in [0.2, 0.25) is 11.7 Å². The first-order valence-electron chi connectivity index (χ1n) is 7.06. The minimum Gasteiger partial charge on any atom is -0.394 e. The van der Waals surface area contributed by atoms with Crippen LogP contribution >= 0.6 is 0 Å². The van der Waals surface area contributed by atoms with E-state index in [0.717, 1.165) is 25.7 Å². The van der Waals surface area contributed by atoms with Gasteiger partial charge in [0.25, 0.3) is 0 Å². The van der Waals surface area contributed by atoms with Gasteiger partial charge in [-0.3, -0.25) is 0 Å². The Labute approximate surface area is 113 Å². The minimum atomic E-state index is -0.620. The van der Waals surface area contributed by atoms with Gasteiger partial charge in [0.15, 0.2) is 0 Å². The van der Waals surface area contributed by atoms with E-state index in [0.29, 0.717) is 12.4 Å². The fourth-order valence-electron chi connectivity index (χ4n) is 2.66. The van der Waals surface area contributed by atoms with Crippen LogP contribution in [0.4, 0.5) is 0 Å². The van der Waals surface area contributed by atoms with Gasteiger partial charge >= 0.3 is 0 Å². The maximum absolute atomic E-state index is 9.04. The predicted molar refractivity (Wildman–Crippen MR) is 69.3 cm³/mol. The molecule has 0 amide bonds. The molecule has 0 radical (unpaired) electrons. The molecule has 1 heterocycles. The van der Waals surface area contributed by atoms with Crippen molar-refractivity contribution in [2.45, 2.75) is 57.1 Å². The van der Waals surface area contributed by atoms with Crippen LogP contribution in [0.15, 0.2) is 4.52 Å². The number of nitrogens with two attached hydrogens (primary N) is 1. The molecule has 6 heteroatoms. The topological polar surface area (TPSA) is 94.4 Å². The van der Waals surface area contributed by atoms with E-state index < -0.39 is 11.6 Å². The van der Waals surface area contributed by atoms with Crippen molar-refractivity contribution >= 4 is 0 Å². The monoisotopic (exact) mass is 269 g/mol. The highest BCUT2D eigenvalue weighted by molar-refractivity contribution is 5.04. The molecule has 1 aliphatic rings. The highest BCUT2D eigenvalue weighted by Crippen LogP contribution is 2.38. The van der Waals surface area contributed by atoms with Crippen LogP contribution in [0.2, 0.25) is 0 Å². The Kier molecular flexibility index (Phi) is 4.90. The van der Waals surface area contributed by atoms with Crippen LogP contribution in [0, 0.1) is 0 Å². The van der Waals surface area contributed by atoms with E-state index in [1.54, 1.807) is 0 Å². The molecule has 2 rings (SSSR count). The lowest BCUT2D eigenvalue weighted by Crippen LogP contribution is -2.31. The molecule has 1 unspecified atom stereocenters. The molecule has 19 heavy (non-hydrogen) atoms. The number of ether oxygens (including phenoxy) is 1. The highest BCUT2D eigenvalue weighted by Gasteiger charge is 2.38. The first kappa shape index (κ1) is 14.4. The van der Waals surface area contributed by atoms with E-state index in [4.69, 9.17) is 20.1 Å². The Bertz CT molecular complexity index is 386. The van der Waals surface area contributed by atoms with Gasteiger partial charge in [0, 0.05) is 6.61 Å². The maximum Gasteiger partial charge on any atom is 0.246 e. The Morgan fingerprint density at radius 2 is 2.05 bits per heavy atom. The minimum absolute atomic E-state index is 0.205. The second-order valence-corrected chi connectivity index (χ2v) is 5.09. The molecule has 108 valence electrons. The van der Waals surface area contributed by atoms with Gasteiger partial charge in [-0.1, -0.05) is 30.8 Å². The summed E-state index contributed by atoms with van der Waals surface area (Å²) in [6.07, 6.45) is 6.47. The summed E-state index contributed by atoms with van der Waals surface area (Å²) in [5, 5.41) is 13.1. The Morgan fingerprint density at radius 3 is 2.63 bits per heavy atom. The standard InChI is InChI=1S/C13H23N3O3/c1-2-18-13(7-5-3-4-6-8-13)12-15-11(19-16-12)10(14)9-17/h10,17H,2-9,14H2,1H3. The van der Waals surface area contributed by atoms with Crippen molar-refractivity contribution in [2.24, 2.45) is 5.73 Å². The van der Waals surface area contributed by atoms with Gasteiger partial charge in [-0.25, -0.2) is 0 Å². The van der Waals surface area contributed by atoms with Crippen molar-refractivity contribution in [1.82, 2.24) is 10.1 Å². The fraction of sp³-hybridized carbons (Fsp3) is 0.846. The van der Waals surface area contributed by atoms with E-state index in [9.17, 15) is 0 Å². The van der Waals surface area contributed by atoms with Crippen molar-refractivity contribution in [3.05, 3.63) is 11.7 Å². The van der Waals surface area contributed by atoms with Gasteiger partial charge < -0.3 is 20.1 Å². The third kappa shape index (κ3) is 3.13. The average Bonchev–Trinajstić information content (AvgIpc) is 2.81. The van der Waals surface area contributed by atoms with E-state index in [-0.39, 0.29) is 12.5 Å². The zero-order chi connectivity index (χ0) is 13.7. The van der Waals surface area contributed by atoms with Gasteiger partial charge in [0.1, 0.15) is 11.6 Å². The summed E-state index contributed by atoms with van der Waals surface area (Å²) < 4.78 is 11.1.